The molecule has 0 saturated carbocycles. The van der Waals surface area contributed by atoms with Gasteiger partial charge in [-0.2, -0.15) is 0 Å². The summed E-state index contributed by atoms with van der Waals surface area (Å²) in [7, 11) is 0. The Labute approximate surface area is 102 Å². The summed E-state index contributed by atoms with van der Waals surface area (Å²) in [4.78, 5) is 2.59. The standard InChI is InChI=1S/C14H30N2/c1-3-5-8-14(15)12-16-10-6-7-13(4-2)9-11-16/h13-14H,3-12,15H2,1-2H3. The van der Waals surface area contributed by atoms with Crippen molar-refractivity contribution in [1.29, 1.82) is 0 Å². The highest BCUT2D eigenvalue weighted by atomic mass is 15.1. The van der Waals surface area contributed by atoms with Crippen LogP contribution in [0.5, 0.6) is 0 Å². The first-order valence-corrected chi connectivity index (χ1v) is 7.24. The van der Waals surface area contributed by atoms with Crippen molar-refractivity contribution < 1.29 is 0 Å². The predicted molar refractivity (Wildman–Crippen MR) is 71.6 cm³/mol. The maximum atomic E-state index is 6.17. The molecular formula is C14H30N2. The van der Waals surface area contributed by atoms with E-state index in [1.165, 1.54) is 58.0 Å². The van der Waals surface area contributed by atoms with E-state index < -0.39 is 0 Å². The van der Waals surface area contributed by atoms with Crippen molar-refractivity contribution in [2.45, 2.75) is 64.8 Å². The molecule has 1 heterocycles. The van der Waals surface area contributed by atoms with Gasteiger partial charge >= 0.3 is 0 Å². The van der Waals surface area contributed by atoms with Crippen LogP contribution < -0.4 is 5.73 Å². The van der Waals surface area contributed by atoms with E-state index in [1.807, 2.05) is 0 Å². The van der Waals surface area contributed by atoms with E-state index in [-0.39, 0.29) is 0 Å². The summed E-state index contributed by atoms with van der Waals surface area (Å²) in [6.45, 7) is 8.24. The highest BCUT2D eigenvalue weighted by molar-refractivity contribution is 4.73. The molecule has 2 nitrogen and oxygen atoms in total. The molecule has 16 heavy (non-hydrogen) atoms. The Kier molecular flexibility index (Phi) is 7.06. The van der Waals surface area contributed by atoms with Crippen LogP contribution in [0, 0.1) is 5.92 Å². The molecule has 0 amide bonds. The van der Waals surface area contributed by atoms with Crippen LogP contribution in [0.4, 0.5) is 0 Å². The molecule has 0 bridgehead atoms. The Morgan fingerprint density at radius 2 is 2.06 bits per heavy atom. The van der Waals surface area contributed by atoms with Crippen LogP contribution in [0.2, 0.25) is 0 Å². The van der Waals surface area contributed by atoms with E-state index in [2.05, 4.69) is 18.7 Å². The second-order valence-corrected chi connectivity index (χ2v) is 5.41. The van der Waals surface area contributed by atoms with Gasteiger partial charge in [0.05, 0.1) is 0 Å². The van der Waals surface area contributed by atoms with Gasteiger partial charge in [0.2, 0.25) is 0 Å². The van der Waals surface area contributed by atoms with Crippen LogP contribution in [0.15, 0.2) is 0 Å². The predicted octanol–water partition coefficient (Wildman–Crippen LogP) is 3.02. The minimum absolute atomic E-state index is 0.401. The summed E-state index contributed by atoms with van der Waals surface area (Å²) in [5.41, 5.74) is 6.17. The van der Waals surface area contributed by atoms with E-state index in [4.69, 9.17) is 5.73 Å². The molecular weight excluding hydrogens is 196 g/mol. The zero-order valence-electron chi connectivity index (χ0n) is 11.3. The van der Waals surface area contributed by atoms with E-state index in [1.54, 1.807) is 0 Å². The number of rotatable bonds is 6. The Morgan fingerprint density at radius 1 is 1.25 bits per heavy atom. The normalized spacial score (nSPS) is 25.3. The van der Waals surface area contributed by atoms with Crippen molar-refractivity contribution in [3.63, 3.8) is 0 Å². The minimum Gasteiger partial charge on any atom is -0.327 e. The lowest BCUT2D eigenvalue weighted by Gasteiger charge is -2.24. The molecule has 2 heteroatoms. The van der Waals surface area contributed by atoms with Gasteiger partial charge in [0.15, 0.2) is 0 Å². The lowest BCUT2D eigenvalue weighted by atomic mass is 9.98. The largest absolute Gasteiger partial charge is 0.327 e. The molecule has 1 rings (SSSR count). The fourth-order valence-electron chi connectivity index (χ4n) is 2.70. The first-order valence-electron chi connectivity index (χ1n) is 7.24. The summed E-state index contributed by atoms with van der Waals surface area (Å²) in [6.07, 6.45) is 9.30. The Balaban J connectivity index is 2.21. The van der Waals surface area contributed by atoms with Crippen LogP contribution in [0.25, 0.3) is 0 Å². The van der Waals surface area contributed by atoms with Crippen molar-refractivity contribution in [2.75, 3.05) is 19.6 Å². The average molecular weight is 226 g/mol. The quantitative estimate of drug-likeness (QED) is 0.754. The number of nitrogens with zero attached hydrogens (tertiary/aromatic N) is 1. The first-order chi connectivity index (χ1) is 7.76. The number of unbranched alkanes of at least 4 members (excludes halogenated alkanes) is 1. The van der Waals surface area contributed by atoms with Gasteiger partial charge in [0.1, 0.15) is 0 Å². The molecule has 0 aromatic heterocycles. The SMILES string of the molecule is CCCCC(N)CN1CCCC(CC)CC1. The zero-order valence-corrected chi connectivity index (χ0v) is 11.3. The van der Waals surface area contributed by atoms with Gasteiger partial charge in [0, 0.05) is 12.6 Å². The van der Waals surface area contributed by atoms with Crippen LogP contribution in [-0.2, 0) is 0 Å². The molecule has 0 spiro atoms. The second kappa shape index (κ2) is 8.08. The Bertz CT molecular complexity index is 170. The van der Waals surface area contributed by atoms with Gasteiger partial charge in [-0.05, 0) is 44.7 Å². The molecule has 0 aliphatic carbocycles. The third-order valence-corrected chi connectivity index (χ3v) is 3.94. The van der Waals surface area contributed by atoms with Crippen LogP contribution in [0.1, 0.15) is 58.8 Å². The summed E-state index contributed by atoms with van der Waals surface area (Å²) >= 11 is 0. The van der Waals surface area contributed by atoms with Crippen molar-refractivity contribution in [3.8, 4) is 0 Å². The molecule has 2 atom stereocenters. The molecule has 0 radical (unpaired) electrons. The van der Waals surface area contributed by atoms with Gasteiger partial charge in [-0.15, -0.1) is 0 Å². The fourth-order valence-corrected chi connectivity index (χ4v) is 2.70. The molecule has 2 unspecified atom stereocenters. The number of hydrogen-bond acceptors (Lipinski definition) is 2. The lowest BCUT2D eigenvalue weighted by molar-refractivity contribution is 0.257. The van der Waals surface area contributed by atoms with Crippen molar-refractivity contribution in [1.82, 2.24) is 4.90 Å². The molecule has 1 saturated heterocycles. The smallest absolute Gasteiger partial charge is 0.0167 e. The van der Waals surface area contributed by atoms with Crippen molar-refractivity contribution in [3.05, 3.63) is 0 Å². The molecule has 96 valence electrons. The minimum atomic E-state index is 0.401. The van der Waals surface area contributed by atoms with Crippen LogP contribution in [-0.4, -0.2) is 30.6 Å². The van der Waals surface area contributed by atoms with E-state index >= 15 is 0 Å². The zero-order chi connectivity index (χ0) is 11.8. The van der Waals surface area contributed by atoms with Crippen molar-refractivity contribution in [2.24, 2.45) is 11.7 Å². The number of likely N-dealkylation sites (tertiary alicyclic amines) is 1. The number of nitrogens with two attached hydrogens (primary N) is 1. The Hall–Kier alpha value is -0.0800. The van der Waals surface area contributed by atoms with E-state index in [0.29, 0.717) is 6.04 Å². The van der Waals surface area contributed by atoms with Crippen LogP contribution in [0.3, 0.4) is 0 Å². The number of hydrogen-bond donors (Lipinski definition) is 1. The maximum absolute atomic E-state index is 6.17. The molecule has 0 aromatic carbocycles. The summed E-state index contributed by atoms with van der Waals surface area (Å²) in [5, 5.41) is 0. The average Bonchev–Trinajstić information content (AvgIpc) is 2.51. The summed E-state index contributed by atoms with van der Waals surface area (Å²) in [6, 6.07) is 0.401. The summed E-state index contributed by atoms with van der Waals surface area (Å²) < 4.78 is 0. The molecule has 1 fully saturated rings. The van der Waals surface area contributed by atoms with Gasteiger partial charge in [-0.25, -0.2) is 0 Å². The fraction of sp³-hybridized carbons (Fsp3) is 1.00. The lowest BCUT2D eigenvalue weighted by Crippen LogP contribution is -2.38. The molecule has 1 aliphatic heterocycles. The van der Waals surface area contributed by atoms with E-state index in [0.717, 1.165) is 12.5 Å². The third kappa shape index (κ3) is 5.31. The van der Waals surface area contributed by atoms with Gasteiger partial charge in [-0.3, -0.25) is 0 Å². The molecule has 2 N–H and O–H groups in total. The molecule has 0 aromatic rings. The van der Waals surface area contributed by atoms with Gasteiger partial charge in [-0.1, -0.05) is 33.1 Å². The second-order valence-electron chi connectivity index (χ2n) is 5.41. The highest BCUT2D eigenvalue weighted by Crippen LogP contribution is 2.20. The molecule has 1 aliphatic rings. The summed E-state index contributed by atoms with van der Waals surface area (Å²) in [5.74, 6) is 0.969. The monoisotopic (exact) mass is 226 g/mol. The van der Waals surface area contributed by atoms with Crippen molar-refractivity contribution >= 4 is 0 Å². The topological polar surface area (TPSA) is 29.3 Å². The first kappa shape index (κ1) is 14.0. The van der Waals surface area contributed by atoms with E-state index in [9.17, 15) is 0 Å². The third-order valence-electron chi connectivity index (χ3n) is 3.94. The maximum Gasteiger partial charge on any atom is 0.0167 e. The van der Waals surface area contributed by atoms with Gasteiger partial charge in [0.25, 0.3) is 0 Å². The van der Waals surface area contributed by atoms with Crippen LogP contribution >= 0.6 is 0 Å². The van der Waals surface area contributed by atoms with Gasteiger partial charge < -0.3 is 10.6 Å². The Morgan fingerprint density at radius 3 is 2.75 bits per heavy atom. The highest BCUT2D eigenvalue weighted by Gasteiger charge is 2.17.